The first-order valence-corrected chi connectivity index (χ1v) is 11.7. The molecule has 1 aromatic carbocycles. The van der Waals surface area contributed by atoms with Crippen LogP contribution in [0.15, 0.2) is 30.3 Å². The third-order valence-corrected chi connectivity index (χ3v) is 5.62. The summed E-state index contributed by atoms with van der Waals surface area (Å²) in [5, 5.41) is 13.9. The quantitative estimate of drug-likeness (QED) is 0.459. The van der Waals surface area contributed by atoms with E-state index in [0.29, 0.717) is 18.0 Å². The van der Waals surface area contributed by atoms with E-state index in [1.807, 2.05) is 5.32 Å². The van der Waals surface area contributed by atoms with Crippen molar-refractivity contribution in [2.45, 2.75) is 83.2 Å². The van der Waals surface area contributed by atoms with Gasteiger partial charge in [0.15, 0.2) is 0 Å². The number of hydrazine groups is 1. The van der Waals surface area contributed by atoms with E-state index >= 15 is 0 Å². The zero-order valence-electron chi connectivity index (χ0n) is 20.0. The molecule has 0 aromatic heterocycles. The van der Waals surface area contributed by atoms with Crippen LogP contribution < -0.4 is 10.7 Å². The number of nitrogens with one attached hydrogen (secondary N) is 2. The monoisotopic (exact) mass is 487 g/mol. The van der Waals surface area contributed by atoms with Gasteiger partial charge in [-0.15, -0.1) is 0 Å². The highest BCUT2D eigenvalue weighted by atomic mass is 19.4. The molecule has 0 aliphatic heterocycles. The molecule has 2 rings (SSSR count). The average molecular weight is 488 g/mol. The van der Waals surface area contributed by atoms with E-state index in [2.05, 4.69) is 5.43 Å². The van der Waals surface area contributed by atoms with Crippen molar-refractivity contribution in [2.75, 3.05) is 13.1 Å². The lowest BCUT2D eigenvalue weighted by Gasteiger charge is -2.33. The first kappa shape index (κ1) is 27.9. The molecule has 1 aromatic rings. The molecule has 2 unspecified atom stereocenters. The van der Waals surface area contributed by atoms with Gasteiger partial charge in [0.2, 0.25) is 0 Å². The molecule has 10 heteroatoms. The van der Waals surface area contributed by atoms with E-state index in [-0.39, 0.29) is 13.0 Å². The highest BCUT2D eigenvalue weighted by molar-refractivity contribution is 5.82. The Morgan fingerprint density at radius 1 is 1.12 bits per heavy atom. The van der Waals surface area contributed by atoms with Gasteiger partial charge in [0.1, 0.15) is 5.60 Å². The highest BCUT2D eigenvalue weighted by Gasteiger charge is 2.41. The van der Waals surface area contributed by atoms with E-state index < -0.39 is 35.9 Å². The summed E-state index contributed by atoms with van der Waals surface area (Å²) in [7, 11) is 0. The molecular formula is C24H36F3N3O4. The van der Waals surface area contributed by atoms with Crippen molar-refractivity contribution >= 4 is 12.0 Å². The molecule has 1 fully saturated rings. The van der Waals surface area contributed by atoms with Crippen LogP contribution in [-0.4, -0.2) is 59.1 Å². The number of ether oxygens (including phenoxy) is 1. The van der Waals surface area contributed by atoms with Gasteiger partial charge in [-0.05, 0) is 51.5 Å². The Labute approximate surface area is 199 Å². The Hall–Kier alpha value is -2.33. The molecule has 0 heterocycles. The fourth-order valence-electron chi connectivity index (χ4n) is 3.87. The van der Waals surface area contributed by atoms with Crippen molar-refractivity contribution in [1.29, 1.82) is 0 Å². The summed E-state index contributed by atoms with van der Waals surface area (Å²) < 4.78 is 44.2. The molecule has 1 saturated carbocycles. The number of benzene rings is 1. The van der Waals surface area contributed by atoms with E-state index in [0.717, 1.165) is 30.7 Å². The van der Waals surface area contributed by atoms with Crippen LogP contribution in [0.25, 0.3) is 0 Å². The van der Waals surface area contributed by atoms with Crippen LogP contribution >= 0.6 is 0 Å². The second kappa shape index (κ2) is 12.4. The molecule has 3 N–H and O–H groups in total. The number of hydrogen-bond donors (Lipinski definition) is 3. The molecule has 7 nitrogen and oxygen atoms in total. The molecule has 34 heavy (non-hydrogen) atoms. The number of rotatable bonds is 9. The molecule has 2 amide bonds. The standard InChI is InChI=1S/C24H36F3N3O4/c1-23(2,3)34-22(33)30(28-15-18-12-8-5-9-13-18)16-20(31)19(29-21(32)24(25,26)27)14-17-10-6-4-7-11-17/h4,6-7,10-11,18-20,28,31H,5,8-9,12-16H2,1-3H3,(H,29,32). The molecule has 2 atom stereocenters. The largest absolute Gasteiger partial charge is 0.471 e. The minimum Gasteiger partial charge on any atom is -0.443 e. The summed E-state index contributed by atoms with van der Waals surface area (Å²) >= 11 is 0. The minimum absolute atomic E-state index is 0.0470. The Morgan fingerprint density at radius 3 is 2.29 bits per heavy atom. The molecule has 0 radical (unpaired) electrons. The number of carbonyl (C=O) groups excluding carboxylic acids is 2. The van der Waals surface area contributed by atoms with Crippen molar-refractivity contribution in [1.82, 2.24) is 15.8 Å². The summed E-state index contributed by atoms with van der Waals surface area (Å²) in [6, 6.07) is 7.27. The van der Waals surface area contributed by atoms with Crippen LogP contribution in [-0.2, 0) is 16.0 Å². The Morgan fingerprint density at radius 2 is 1.74 bits per heavy atom. The summed E-state index contributed by atoms with van der Waals surface area (Å²) in [5.74, 6) is -1.80. The normalized spacial score (nSPS) is 17.0. The SMILES string of the molecule is CC(C)(C)OC(=O)N(CC(O)C(Cc1ccccc1)NC(=O)C(F)(F)F)NCC1CCCCC1. The van der Waals surface area contributed by atoms with Crippen molar-refractivity contribution < 1.29 is 32.6 Å². The Balaban J connectivity index is 2.16. The van der Waals surface area contributed by atoms with Gasteiger partial charge in [0, 0.05) is 6.54 Å². The number of aliphatic hydroxyl groups excluding tert-OH is 1. The smallest absolute Gasteiger partial charge is 0.443 e. The zero-order chi connectivity index (χ0) is 25.4. The summed E-state index contributed by atoms with van der Waals surface area (Å²) in [5.41, 5.74) is 2.84. The van der Waals surface area contributed by atoms with Crippen LogP contribution in [0.5, 0.6) is 0 Å². The molecule has 0 spiro atoms. The van der Waals surface area contributed by atoms with Gasteiger partial charge >= 0.3 is 18.2 Å². The Kier molecular flexibility index (Phi) is 10.2. The minimum atomic E-state index is -5.10. The van der Waals surface area contributed by atoms with Gasteiger partial charge in [-0.3, -0.25) is 4.79 Å². The van der Waals surface area contributed by atoms with Gasteiger partial charge in [0.05, 0.1) is 18.7 Å². The number of amides is 2. The molecular weight excluding hydrogens is 451 g/mol. The van der Waals surface area contributed by atoms with Crippen LogP contribution in [0.1, 0.15) is 58.4 Å². The van der Waals surface area contributed by atoms with Crippen LogP contribution in [0.3, 0.4) is 0 Å². The van der Waals surface area contributed by atoms with Gasteiger partial charge in [-0.1, -0.05) is 49.6 Å². The zero-order valence-corrected chi connectivity index (χ0v) is 20.0. The number of alkyl halides is 3. The van der Waals surface area contributed by atoms with Gasteiger partial charge < -0.3 is 15.2 Å². The lowest BCUT2D eigenvalue weighted by atomic mass is 9.89. The van der Waals surface area contributed by atoms with E-state index in [4.69, 9.17) is 4.74 Å². The fraction of sp³-hybridized carbons (Fsp3) is 0.667. The summed E-state index contributed by atoms with van der Waals surface area (Å²) in [6.07, 6.45) is -1.99. The second-order valence-electron chi connectivity index (χ2n) is 9.79. The maximum atomic E-state index is 12.9. The molecule has 0 saturated heterocycles. The number of nitrogens with zero attached hydrogens (tertiary/aromatic N) is 1. The predicted octanol–water partition coefficient (Wildman–Crippen LogP) is 3.96. The molecule has 1 aliphatic carbocycles. The van der Waals surface area contributed by atoms with Gasteiger partial charge in [0.25, 0.3) is 0 Å². The van der Waals surface area contributed by atoms with Crippen LogP contribution in [0, 0.1) is 5.92 Å². The number of aliphatic hydroxyl groups is 1. The average Bonchev–Trinajstić information content (AvgIpc) is 2.75. The van der Waals surface area contributed by atoms with Gasteiger partial charge in [-0.25, -0.2) is 15.2 Å². The lowest BCUT2D eigenvalue weighted by Crippen LogP contribution is -2.56. The van der Waals surface area contributed by atoms with E-state index in [1.165, 1.54) is 6.42 Å². The first-order valence-electron chi connectivity index (χ1n) is 11.7. The van der Waals surface area contributed by atoms with Crippen molar-refractivity contribution in [3.05, 3.63) is 35.9 Å². The predicted molar refractivity (Wildman–Crippen MR) is 122 cm³/mol. The summed E-state index contributed by atoms with van der Waals surface area (Å²) in [6.45, 7) is 5.20. The maximum Gasteiger partial charge on any atom is 0.471 e. The number of hydrogen-bond acceptors (Lipinski definition) is 5. The summed E-state index contributed by atoms with van der Waals surface area (Å²) in [4.78, 5) is 24.4. The van der Waals surface area contributed by atoms with E-state index in [9.17, 15) is 27.9 Å². The van der Waals surface area contributed by atoms with Crippen molar-refractivity contribution in [3.8, 4) is 0 Å². The Bertz CT molecular complexity index is 778. The molecule has 1 aliphatic rings. The number of halogens is 3. The first-order chi connectivity index (χ1) is 15.8. The van der Waals surface area contributed by atoms with Crippen LogP contribution in [0.2, 0.25) is 0 Å². The molecule has 192 valence electrons. The lowest BCUT2D eigenvalue weighted by molar-refractivity contribution is -0.175. The highest BCUT2D eigenvalue weighted by Crippen LogP contribution is 2.23. The third kappa shape index (κ3) is 9.89. The maximum absolute atomic E-state index is 12.9. The molecule has 0 bridgehead atoms. The topological polar surface area (TPSA) is 90.9 Å². The second-order valence-corrected chi connectivity index (χ2v) is 9.79. The fourth-order valence-corrected chi connectivity index (χ4v) is 3.87. The third-order valence-electron chi connectivity index (χ3n) is 5.62. The number of carbonyl (C=O) groups is 2. The van der Waals surface area contributed by atoms with Crippen molar-refractivity contribution in [2.24, 2.45) is 5.92 Å². The van der Waals surface area contributed by atoms with Crippen molar-refractivity contribution in [3.63, 3.8) is 0 Å². The van der Waals surface area contributed by atoms with E-state index in [1.54, 1.807) is 51.1 Å². The van der Waals surface area contributed by atoms with Gasteiger partial charge in [-0.2, -0.15) is 13.2 Å². The van der Waals surface area contributed by atoms with Crippen LogP contribution in [0.4, 0.5) is 18.0 Å².